The minimum atomic E-state index is -0.515. The van der Waals surface area contributed by atoms with E-state index in [0.717, 1.165) is 5.52 Å². The molecule has 0 atom stereocenters. The zero-order chi connectivity index (χ0) is 15.0. The van der Waals surface area contributed by atoms with E-state index in [1.165, 1.54) is 18.3 Å². The maximum Gasteiger partial charge on any atom is 0.356 e. The Labute approximate surface area is 118 Å². The van der Waals surface area contributed by atoms with Crippen LogP contribution in [0.15, 0.2) is 30.5 Å². The van der Waals surface area contributed by atoms with Crippen LogP contribution in [0.4, 0.5) is 5.69 Å². The molecule has 0 aliphatic carbocycles. The number of rotatable bonds is 3. The molecule has 0 aliphatic heterocycles. The molecule has 0 unspecified atom stereocenters. The van der Waals surface area contributed by atoms with E-state index in [1.807, 2.05) is 0 Å². The number of nitrogens with one attached hydrogen (secondary N) is 1. The fraction of sp³-hybridized carbons (Fsp3) is 0.143. The van der Waals surface area contributed by atoms with Crippen LogP contribution in [0.1, 0.15) is 17.4 Å². The molecule has 1 N–H and O–H groups in total. The van der Waals surface area contributed by atoms with Crippen molar-refractivity contribution in [3.05, 3.63) is 46.3 Å². The van der Waals surface area contributed by atoms with Crippen molar-refractivity contribution in [1.82, 2.24) is 9.97 Å². The number of hydrogen-bond acceptors (Lipinski definition) is 5. The van der Waals surface area contributed by atoms with Gasteiger partial charge in [-0.15, -0.1) is 0 Å². The third-order valence-electron chi connectivity index (χ3n) is 3.16. The fourth-order valence-electron chi connectivity index (χ4n) is 2.22. The Morgan fingerprint density at radius 2 is 2.10 bits per heavy atom. The number of non-ortho nitro benzene ring substituents is 1. The summed E-state index contributed by atoms with van der Waals surface area (Å²) >= 11 is 0. The van der Waals surface area contributed by atoms with Gasteiger partial charge in [-0.2, -0.15) is 0 Å². The molecule has 7 nitrogen and oxygen atoms in total. The first-order valence-corrected chi connectivity index (χ1v) is 6.33. The predicted octanol–water partition coefficient (Wildman–Crippen LogP) is 2.80. The summed E-state index contributed by atoms with van der Waals surface area (Å²) in [5.74, 6) is -0.515. The van der Waals surface area contributed by atoms with Gasteiger partial charge in [-0.3, -0.25) is 10.1 Å². The number of aromatic amines is 1. The molecule has 7 heteroatoms. The first-order chi connectivity index (χ1) is 10.1. The second-order valence-corrected chi connectivity index (χ2v) is 4.45. The standard InChI is InChI=1S/C14H11N3O4/c1-2-21-14(18)12-6-10-9-5-8(17(19)20)3-4-11(9)16-13(10)7-15-12/h3-7,16H,2H2,1H3. The number of hydrogen-bond donors (Lipinski definition) is 1. The van der Waals surface area contributed by atoms with Gasteiger partial charge >= 0.3 is 5.97 Å². The number of nitrogens with zero attached hydrogens (tertiary/aromatic N) is 2. The van der Waals surface area contributed by atoms with Gasteiger partial charge in [0.25, 0.3) is 5.69 Å². The van der Waals surface area contributed by atoms with Crippen LogP contribution in [0.25, 0.3) is 21.8 Å². The number of ether oxygens (including phenoxy) is 1. The van der Waals surface area contributed by atoms with Crippen LogP contribution in [0.3, 0.4) is 0 Å². The van der Waals surface area contributed by atoms with Crippen LogP contribution in [0, 0.1) is 10.1 Å². The van der Waals surface area contributed by atoms with Crippen molar-refractivity contribution in [3.8, 4) is 0 Å². The number of H-pyrrole nitrogens is 1. The molecule has 3 aromatic rings. The van der Waals surface area contributed by atoms with Gasteiger partial charge in [-0.1, -0.05) is 0 Å². The van der Waals surface area contributed by atoms with Crippen LogP contribution >= 0.6 is 0 Å². The number of esters is 1. The molecule has 0 saturated heterocycles. The molecule has 21 heavy (non-hydrogen) atoms. The Bertz CT molecular complexity index is 869. The summed E-state index contributed by atoms with van der Waals surface area (Å²) in [4.78, 5) is 29.3. The van der Waals surface area contributed by atoms with Crippen molar-refractivity contribution in [2.75, 3.05) is 6.61 Å². The van der Waals surface area contributed by atoms with Crippen molar-refractivity contribution in [2.45, 2.75) is 6.92 Å². The molecule has 0 fully saturated rings. The third-order valence-corrected chi connectivity index (χ3v) is 3.16. The quantitative estimate of drug-likeness (QED) is 0.453. The minimum absolute atomic E-state index is 0.00195. The Hall–Kier alpha value is -2.96. The largest absolute Gasteiger partial charge is 0.461 e. The summed E-state index contributed by atoms with van der Waals surface area (Å²) in [7, 11) is 0. The van der Waals surface area contributed by atoms with E-state index in [0.29, 0.717) is 16.3 Å². The van der Waals surface area contributed by atoms with E-state index < -0.39 is 10.9 Å². The maximum absolute atomic E-state index is 11.7. The lowest BCUT2D eigenvalue weighted by Gasteiger charge is -2.00. The van der Waals surface area contributed by atoms with E-state index in [1.54, 1.807) is 19.1 Å². The van der Waals surface area contributed by atoms with Gasteiger partial charge in [0, 0.05) is 28.4 Å². The highest BCUT2D eigenvalue weighted by Crippen LogP contribution is 2.28. The Morgan fingerprint density at radius 1 is 1.33 bits per heavy atom. The molecule has 0 bridgehead atoms. The Kier molecular flexibility index (Phi) is 3.02. The molecule has 2 heterocycles. The lowest BCUT2D eigenvalue weighted by atomic mass is 10.1. The summed E-state index contributed by atoms with van der Waals surface area (Å²) in [6, 6.07) is 6.12. The van der Waals surface area contributed by atoms with Crippen LogP contribution in [0.2, 0.25) is 0 Å². The van der Waals surface area contributed by atoms with E-state index in [-0.39, 0.29) is 18.0 Å². The van der Waals surface area contributed by atoms with Gasteiger partial charge < -0.3 is 9.72 Å². The molecular weight excluding hydrogens is 274 g/mol. The fourth-order valence-corrected chi connectivity index (χ4v) is 2.22. The second-order valence-electron chi connectivity index (χ2n) is 4.45. The second kappa shape index (κ2) is 4.86. The molecule has 0 spiro atoms. The SMILES string of the molecule is CCOC(=O)c1cc2c(cn1)[nH]c1ccc([N+](=O)[O-])cc12. The van der Waals surface area contributed by atoms with Gasteiger partial charge in [-0.25, -0.2) is 9.78 Å². The molecule has 0 aliphatic rings. The van der Waals surface area contributed by atoms with Crippen LogP contribution < -0.4 is 0 Å². The highest BCUT2D eigenvalue weighted by atomic mass is 16.6. The van der Waals surface area contributed by atoms with Gasteiger partial charge in [0.2, 0.25) is 0 Å². The van der Waals surface area contributed by atoms with Crippen molar-refractivity contribution in [2.24, 2.45) is 0 Å². The zero-order valence-corrected chi connectivity index (χ0v) is 11.1. The summed E-state index contributed by atoms with van der Waals surface area (Å²) < 4.78 is 4.91. The van der Waals surface area contributed by atoms with E-state index in [9.17, 15) is 14.9 Å². The zero-order valence-electron chi connectivity index (χ0n) is 11.1. The number of nitro benzene ring substituents is 1. The minimum Gasteiger partial charge on any atom is -0.461 e. The Morgan fingerprint density at radius 3 is 2.81 bits per heavy atom. The van der Waals surface area contributed by atoms with Gasteiger partial charge in [-0.05, 0) is 19.1 Å². The van der Waals surface area contributed by atoms with E-state index in [4.69, 9.17) is 4.74 Å². The molecule has 3 rings (SSSR count). The van der Waals surface area contributed by atoms with E-state index >= 15 is 0 Å². The lowest BCUT2D eigenvalue weighted by Crippen LogP contribution is -2.06. The van der Waals surface area contributed by atoms with Gasteiger partial charge in [0.15, 0.2) is 0 Å². The number of pyridine rings is 1. The number of carbonyl (C=O) groups excluding carboxylic acids is 1. The molecule has 2 aromatic heterocycles. The molecule has 0 radical (unpaired) electrons. The molecular formula is C14H11N3O4. The molecule has 106 valence electrons. The first kappa shape index (κ1) is 13.0. The lowest BCUT2D eigenvalue weighted by molar-refractivity contribution is -0.384. The average Bonchev–Trinajstić information content (AvgIpc) is 2.84. The van der Waals surface area contributed by atoms with Crippen LogP contribution in [-0.4, -0.2) is 27.5 Å². The van der Waals surface area contributed by atoms with Crippen molar-refractivity contribution < 1.29 is 14.5 Å². The van der Waals surface area contributed by atoms with Crippen LogP contribution in [0.5, 0.6) is 0 Å². The van der Waals surface area contributed by atoms with Crippen LogP contribution in [-0.2, 0) is 4.74 Å². The number of benzene rings is 1. The summed E-state index contributed by atoms with van der Waals surface area (Å²) in [6.45, 7) is 1.98. The number of fused-ring (bicyclic) bond motifs is 3. The highest BCUT2D eigenvalue weighted by molar-refractivity contribution is 6.09. The average molecular weight is 285 g/mol. The number of nitro groups is 1. The summed E-state index contributed by atoms with van der Waals surface area (Å²) in [6.07, 6.45) is 1.52. The number of aromatic nitrogens is 2. The summed E-state index contributed by atoms with van der Waals surface area (Å²) in [5, 5.41) is 12.2. The predicted molar refractivity (Wildman–Crippen MR) is 76.2 cm³/mol. The normalized spacial score (nSPS) is 10.9. The summed E-state index contributed by atoms with van der Waals surface area (Å²) in [5.41, 5.74) is 1.63. The number of carbonyl (C=O) groups is 1. The third kappa shape index (κ3) is 2.18. The van der Waals surface area contributed by atoms with Gasteiger partial charge in [0.05, 0.1) is 23.2 Å². The molecule has 1 aromatic carbocycles. The monoisotopic (exact) mass is 285 g/mol. The molecule has 0 amide bonds. The van der Waals surface area contributed by atoms with Crippen molar-refractivity contribution >= 4 is 33.5 Å². The molecule has 0 saturated carbocycles. The maximum atomic E-state index is 11.7. The Balaban J connectivity index is 2.22. The smallest absolute Gasteiger partial charge is 0.356 e. The first-order valence-electron chi connectivity index (χ1n) is 6.33. The van der Waals surface area contributed by atoms with E-state index in [2.05, 4.69) is 9.97 Å². The van der Waals surface area contributed by atoms with Gasteiger partial charge in [0.1, 0.15) is 5.69 Å². The van der Waals surface area contributed by atoms with Crippen molar-refractivity contribution in [3.63, 3.8) is 0 Å². The topological polar surface area (TPSA) is 98.1 Å². The van der Waals surface area contributed by atoms with Crippen molar-refractivity contribution in [1.29, 1.82) is 0 Å². The highest BCUT2D eigenvalue weighted by Gasteiger charge is 2.14.